The van der Waals surface area contributed by atoms with Gasteiger partial charge in [-0.05, 0) is 72.1 Å². The summed E-state index contributed by atoms with van der Waals surface area (Å²) < 4.78 is 13.5. The Morgan fingerprint density at radius 3 is 2.46 bits per heavy atom. The Morgan fingerprint density at radius 2 is 1.62 bits per heavy atom. The molecule has 37 heavy (non-hydrogen) atoms. The van der Waals surface area contributed by atoms with Crippen LogP contribution in [-0.2, 0) is 13.0 Å². The number of imidazole rings is 1. The number of ether oxygens (including phenoxy) is 2. The van der Waals surface area contributed by atoms with E-state index in [1.165, 1.54) is 10.8 Å². The van der Waals surface area contributed by atoms with Gasteiger partial charge in [-0.25, -0.2) is 4.98 Å². The zero-order valence-electron chi connectivity index (χ0n) is 21.0. The van der Waals surface area contributed by atoms with Crippen molar-refractivity contribution in [1.82, 2.24) is 14.9 Å². The third kappa shape index (κ3) is 5.92. The fraction of sp³-hybridized carbons (Fsp3) is 0.226. The maximum atomic E-state index is 12.4. The molecular weight excluding hydrogens is 462 g/mol. The molecule has 0 aliphatic carbocycles. The van der Waals surface area contributed by atoms with E-state index in [-0.39, 0.29) is 5.91 Å². The number of rotatable bonds is 11. The minimum Gasteiger partial charge on any atom is -0.497 e. The molecule has 0 spiro atoms. The molecule has 5 rings (SSSR count). The minimum atomic E-state index is -0.0815. The average molecular weight is 494 g/mol. The maximum Gasteiger partial charge on any atom is 0.251 e. The molecule has 188 valence electrons. The van der Waals surface area contributed by atoms with Gasteiger partial charge < -0.3 is 19.4 Å². The van der Waals surface area contributed by atoms with Gasteiger partial charge in [0.15, 0.2) is 0 Å². The van der Waals surface area contributed by atoms with Crippen molar-refractivity contribution in [3.8, 4) is 11.5 Å². The Hall–Kier alpha value is -4.32. The van der Waals surface area contributed by atoms with Gasteiger partial charge in [0.05, 0.1) is 24.8 Å². The summed E-state index contributed by atoms with van der Waals surface area (Å²) in [6, 6.07) is 29.9. The normalized spacial score (nSPS) is 11.1. The SMILES string of the molecule is COc1ccc(C(=O)NCCCc2nc3ccccc3n2CCCOc2ccc3ccccc3c2)cc1. The highest BCUT2D eigenvalue weighted by Gasteiger charge is 2.11. The van der Waals surface area contributed by atoms with E-state index in [4.69, 9.17) is 14.5 Å². The van der Waals surface area contributed by atoms with Crippen LogP contribution in [0.4, 0.5) is 0 Å². The van der Waals surface area contributed by atoms with E-state index in [1.807, 2.05) is 36.4 Å². The smallest absolute Gasteiger partial charge is 0.251 e. The molecule has 0 saturated carbocycles. The first kappa shape index (κ1) is 24.4. The van der Waals surface area contributed by atoms with Crippen LogP contribution in [0.1, 0.15) is 29.0 Å². The van der Waals surface area contributed by atoms with E-state index in [0.29, 0.717) is 18.7 Å². The van der Waals surface area contributed by atoms with Crippen LogP contribution in [0.25, 0.3) is 21.8 Å². The number of aromatic nitrogens is 2. The Bertz CT molecular complexity index is 1490. The van der Waals surface area contributed by atoms with Gasteiger partial charge in [-0.1, -0.05) is 42.5 Å². The predicted molar refractivity (Wildman–Crippen MR) is 147 cm³/mol. The van der Waals surface area contributed by atoms with Crippen LogP contribution < -0.4 is 14.8 Å². The number of methoxy groups -OCH3 is 1. The molecule has 6 heteroatoms. The number of amides is 1. The maximum absolute atomic E-state index is 12.4. The molecule has 0 fully saturated rings. The lowest BCUT2D eigenvalue weighted by molar-refractivity contribution is 0.0953. The number of carbonyl (C=O) groups is 1. The molecule has 0 saturated heterocycles. The number of nitrogens with zero attached hydrogens (tertiary/aromatic N) is 2. The van der Waals surface area contributed by atoms with Gasteiger partial charge in [0.1, 0.15) is 17.3 Å². The Morgan fingerprint density at radius 1 is 0.865 bits per heavy atom. The number of hydrogen-bond acceptors (Lipinski definition) is 4. The highest BCUT2D eigenvalue weighted by molar-refractivity contribution is 5.94. The quantitative estimate of drug-likeness (QED) is 0.228. The second kappa shape index (κ2) is 11.6. The van der Waals surface area contributed by atoms with Gasteiger partial charge in [0.2, 0.25) is 0 Å². The monoisotopic (exact) mass is 493 g/mol. The molecule has 0 bridgehead atoms. The molecule has 1 N–H and O–H groups in total. The number of para-hydroxylation sites is 2. The summed E-state index contributed by atoms with van der Waals surface area (Å²) in [5, 5.41) is 5.40. The molecule has 1 heterocycles. The summed E-state index contributed by atoms with van der Waals surface area (Å²) in [5.41, 5.74) is 2.75. The summed E-state index contributed by atoms with van der Waals surface area (Å²) in [6.45, 7) is 2.03. The minimum absolute atomic E-state index is 0.0815. The van der Waals surface area contributed by atoms with Crippen LogP contribution in [0, 0.1) is 0 Å². The van der Waals surface area contributed by atoms with E-state index in [2.05, 4.69) is 40.2 Å². The lowest BCUT2D eigenvalue weighted by atomic mass is 10.1. The number of hydrogen-bond donors (Lipinski definition) is 1. The summed E-state index contributed by atoms with van der Waals surface area (Å²) in [6.07, 6.45) is 2.45. The van der Waals surface area contributed by atoms with E-state index in [1.54, 1.807) is 31.4 Å². The van der Waals surface area contributed by atoms with E-state index >= 15 is 0 Å². The standard InChI is InChI=1S/C31H31N3O3/c1-36-26-16-14-24(15-17-26)31(35)32-19-6-12-30-33-28-10-4-5-11-29(28)34(30)20-7-21-37-27-18-13-23-8-2-3-9-25(23)22-27/h2-5,8-11,13-18,22H,6-7,12,19-21H2,1H3,(H,32,35). The number of fused-ring (bicyclic) bond motifs is 2. The first-order chi connectivity index (χ1) is 18.2. The predicted octanol–water partition coefficient (Wildman–Crippen LogP) is 6.03. The average Bonchev–Trinajstić information content (AvgIpc) is 3.30. The lowest BCUT2D eigenvalue weighted by Crippen LogP contribution is -2.25. The van der Waals surface area contributed by atoms with Crippen LogP contribution in [0.3, 0.4) is 0 Å². The molecule has 1 aromatic heterocycles. The summed E-state index contributed by atoms with van der Waals surface area (Å²) in [5.74, 6) is 2.58. The number of aryl methyl sites for hydroxylation is 2. The first-order valence-corrected chi connectivity index (χ1v) is 12.7. The van der Waals surface area contributed by atoms with Gasteiger partial charge in [-0.2, -0.15) is 0 Å². The molecule has 0 aliphatic heterocycles. The second-order valence-electron chi connectivity index (χ2n) is 8.97. The van der Waals surface area contributed by atoms with Gasteiger partial charge in [-0.15, -0.1) is 0 Å². The van der Waals surface area contributed by atoms with Crippen LogP contribution in [0.2, 0.25) is 0 Å². The molecule has 0 radical (unpaired) electrons. The summed E-state index contributed by atoms with van der Waals surface area (Å²) in [7, 11) is 1.61. The number of benzene rings is 4. The van der Waals surface area contributed by atoms with Gasteiger partial charge >= 0.3 is 0 Å². The topological polar surface area (TPSA) is 65.4 Å². The molecule has 0 aliphatic rings. The van der Waals surface area contributed by atoms with Gasteiger partial charge in [0, 0.05) is 25.1 Å². The van der Waals surface area contributed by atoms with Crippen molar-refractivity contribution >= 4 is 27.7 Å². The highest BCUT2D eigenvalue weighted by atomic mass is 16.5. The van der Waals surface area contributed by atoms with E-state index in [9.17, 15) is 4.79 Å². The first-order valence-electron chi connectivity index (χ1n) is 12.7. The lowest BCUT2D eigenvalue weighted by Gasteiger charge is -2.11. The fourth-order valence-corrected chi connectivity index (χ4v) is 4.53. The van der Waals surface area contributed by atoms with Crippen molar-refractivity contribution in [2.24, 2.45) is 0 Å². The van der Waals surface area contributed by atoms with Crippen LogP contribution >= 0.6 is 0 Å². The molecule has 6 nitrogen and oxygen atoms in total. The van der Waals surface area contributed by atoms with Crippen molar-refractivity contribution < 1.29 is 14.3 Å². The van der Waals surface area contributed by atoms with Crippen LogP contribution in [-0.4, -0.2) is 35.7 Å². The summed E-state index contributed by atoms with van der Waals surface area (Å²) in [4.78, 5) is 17.3. The van der Waals surface area contributed by atoms with Crippen molar-refractivity contribution in [1.29, 1.82) is 0 Å². The molecule has 0 unspecified atom stereocenters. The molecule has 0 atom stereocenters. The molecule has 5 aromatic rings. The van der Waals surface area contributed by atoms with Crippen molar-refractivity contribution in [2.45, 2.75) is 25.8 Å². The number of nitrogens with one attached hydrogen (secondary N) is 1. The fourth-order valence-electron chi connectivity index (χ4n) is 4.53. The Kier molecular flexibility index (Phi) is 7.65. The highest BCUT2D eigenvalue weighted by Crippen LogP contribution is 2.21. The van der Waals surface area contributed by atoms with Crippen molar-refractivity contribution in [2.75, 3.05) is 20.3 Å². The molecule has 4 aromatic carbocycles. The Labute approximate surface area is 216 Å². The zero-order chi connectivity index (χ0) is 25.5. The third-order valence-corrected chi connectivity index (χ3v) is 6.46. The second-order valence-corrected chi connectivity index (χ2v) is 8.97. The third-order valence-electron chi connectivity index (χ3n) is 6.46. The zero-order valence-corrected chi connectivity index (χ0v) is 21.0. The van der Waals surface area contributed by atoms with E-state index in [0.717, 1.165) is 54.2 Å². The number of carbonyl (C=O) groups excluding carboxylic acids is 1. The van der Waals surface area contributed by atoms with Gasteiger partial charge in [-0.3, -0.25) is 4.79 Å². The van der Waals surface area contributed by atoms with Crippen molar-refractivity contribution in [3.05, 3.63) is 102 Å². The van der Waals surface area contributed by atoms with E-state index < -0.39 is 0 Å². The summed E-state index contributed by atoms with van der Waals surface area (Å²) >= 11 is 0. The molecule has 1 amide bonds. The van der Waals surface area contributed by atoms with Crippen molar-refractivity contribution in [3.63, 3.8) is 0 Å². The Balaban J connectivity index is 1.16. The van der Waals surface area contributed by atoms with Crippen LogP contribution in [0.15, 0.2) is 91.0 Å². The largest absolute Gasteiger partial charge is 0.497 e. The van der Waals surface area contributed by atoms with Gasteiger partial charge in [0.25, 0.3) is 5.91 Å². The molecular formula is C31H31N3O3. The van der Waals surface area contributed by atoms with Crippen LogP contribution in [0.5, 0.6) is 11.5 Å².